The zero-order valence-corrected chi connectivity index (χ0v) is 16.1. The Hall–Kier alpha value is -3.54. The molecule has 1 amide bonds. The number of amides is 1. The third kappa shape index (κ3) is 5.34. The van der Waals surface area contributed by atoms with Crippen molar-refractivity contribution >= 4 is 23.9 Å². The Bertz CT molecular complexity index is 985. The number of carboxylic acid groups (broad SMARTS) is 1. The van der Waals surface area contributed by atoms with Crippen LogP contribution < -0.4 is 11.1 Å². The van der Waals surface area contributed by atoms with Crippen LogP contribution in [-0.4, -0.2) is 47.4 Å². The van der Waals surface area contributed by atoms with Gasteiger partial charge in [0.25, 0.3) is 18.3 Å². The predicted octanol–water partition coefficient (Wildman–Crippen LogP) is 2.55. The van der Waals surface area contributed by atoms with Crippen LogP contribution in [-0.2, 0) is 15.1 Å². The zero-order valence-electron chi connectivity index (χ0n) is 16.1. The quantitative estimate of drug-likeness (QED) is 0.495. The van der Waals surface area contributed by atoms with E-state index in [9.17, 15) is 22.4 Å². The molecule has 1 atom stereocenters. The largest absolute Gasteiger partial charge is 0.483 e. The predicted molar refractivity (Wildman–Crippen MR) is 102 cm³/mol. The van der Waals surface area contributed by atoms with E-state index in [0.717, 1.165) is 37.4 Å². The molecule has 0 aliphatic carbocycles. The fraction of sp³-hybridized carbons (Fsp3) is 0.263. The number of pyridine rings is 1. The number of alkyl halides is 2. The molecule has 1 aromatic heterocycles. The summed E-state index contributed by atoms with van der Waals surface area (Å²) in [6.07, 6.45) is 0.857. The number of anilines is 1. The second kappa shape index (κ2) is 9.51. The lowest BCUT2D eigenvalue weighted by molar-refractivity contribution is -0.122. The number of carbonyl (C=O) groups is 2. The molecule has 0 saturated heterocycles. The Labute approximate surface area is 173 Å². The van der Waals surface area contributed by atoms with Crippen molar-refractivity contribution in [1.29, 1.82) is 0 Å². The van der Waals surface area contributed by atoms with Gasteiger partial charge < -0.3 is 20.9 Å². The van der Waals surface area contributed by atoms with Crippen LogP contribution in [0.3, 0.4) is 0 Å². The monoisotopic (exact) mass is 442 g/mol. The number of halogens is 4. The molecule has 0 saturated carbocycles. The van der Waals surface area contributed by atoms with Crippen molar-refractivity contribution in [2.24, 2.45) is 10.7 Å². The molecule has 0 bridgehead atoms. The number of hydrogen-bond acceptors (Lipinski definition) is 6. The van der Waals surface area contributed by atoms with E-state index in [1.807, 2.05) is 0 Å². The lowest BCUT2D eigenvalue weighted by atomic mass is 9.85. The number of amidine groups is 1. The van der Waals surface area contributed by atoms with Crippen LogP contribution in [0.25, 0.3) is 0 Å². The summed E-state index contributed by atoms with van der Waals surface area (Å²) >= 11 is 0. The first-order valence-electron chi connectivity index (χ1n) is 8.64. The van der Waals surface area contributed by atoms with Crippen LogP contribution in [0.2, 0.25) is 0 Å². The number of nitrogens with one attached hydrogen (secondary N) is 1. The minimum absolute atomic E-state index is 0.0310. The normalized spacial score (nSPS) is 19.8. The zero-order chi connectivity index (χ0) is 23.2. The molecular weight excluding hydrogens is 424 g/mol. The Morgan fingerprint density at radius 1 is 1.29 bits per heavy atom. The number of benzene rings is 1. The van der Waals surface area contributed by atoms with Crippen LogP contribution in [0.5, 0.6) is 0 Å². The molecule has 1 aliphatic rings. The summed E-state index contributed by atoms with van der Waals surface area (Å²) in [5.74, 6) is -6.05. The average molecular weight is 442 g/mol. The van der Waals surface area contributed by atoms with Crippen LogP contribution in [0.1, 0.15) is 23.0 Å². The summed E-state index contributed by atoms with van der Waals surface area (Å²) in [7, 11) is 0. The van der Waals surface area contributed by atoms with E-state index in [1.165, 1.54) is 6.07 Å². The third-order valence-electron chi connectivity index (χ3n) is 4.32. The molecule has 2 heterocycles. The van der Waals surface area contributed by atoms with Crippen LogP contribution >= 0.6 is 0 Å². The number of rotatable bonds is 3. The summed E-state index contributed by atoms with van der Waals surface area (Å²) in [5, 5.41) is 9.30. The highest BCUT2D eigenvalue weighted by Gasteiger charge is 2.54. The van der Waals surface area contributed by atoms with Gasteiger partial charge in [0.15, 0.2) is 5.54 Å². The van der Waals surface area contributed by atoms with Crippen LogP contribution in [0, 0.1) is 11.6 Å². The van der Waals surface area contributed by atoms with Gasteiger partial charge in [-0.3, -0.25) is 14.6 Å². The summed E-state index contributed by atoms with van der Waals surface area (Å²) < 4.78 is 61.5. The molecule has 1 aliphatic heterocycles. The molecule has 0 unspecified atom stereocenters. The Morgan fingerprint density at radius 3 is 2.58 bits per heavy atom. The number of nitrogens with zero attached hydrogens (tertiary/aromatic N) is 2. The molecule has 2 aromatic rings. The first-order chi connectivity index (χ1) is 14.5. The Morgan fingerprint density at radius 2 is 1.97 bits per heavy atom. The fourth-order valence-corrected chi connectivity index (χ4v) is 2.76. The van der Waals surface area contributed by atoms with Crippen molar-refractivity contribution in [3.63, 3.8) is 0 Å². The standard InChI is InChI=1S/C18H16F4N4O2.CH2O2/c1-17(18(21,22)9-28-8-15(23)26-17)12-6-11(3-4-13(12)20)25-16(27)14-5-2-10(19)7-24-14;2-1-3/h2-7H,8-9H2,1H3,(H2,23,26)(H,25,27);1H,(H,2,3)/t17-;/m1./s1. The summed E-state index contributed by atoms with van der Waals surface area (Å²) in [4.78, 5) is 28.0. The maximum absolute atomic E-state index is 14.7. The van der Waals surface area contributed by atoms with Gasteiger partial charge in [-0.2, -0.15) is 0 Å². The summed E-state index contributed by atoms with van der Waals surface area (Å²) in [6.45, 7) is -0.511. The minimum Gasteiger partial charge on any atom is -0.483 e. The average Bonchev–Trinajstić information content (AvgIpc) is 2.80. The van der Waals surface area contributed by atoms with Crippen LogP contribution in [0.4, 0.5) is 23.2 Å². The molecular formula is C19H18F4N4O4. The summed E-state index contributed by atoms with van der Waals surface area (Å²) in [5.41, 5.74) is 2.71. The number of aliphatic imine (C=N–C) groups is 1. The SMILES string of the molecule is C[C@]1(c2cc(NC(=O)c3ccc(F)cn3)ccc2F)N=C(N)COCC1(F)F.O=CO. The molecule has 8 nitrogen and oxygen atoms in total. The van der Waals surface area contributed by atoms with Gasteiger partial charge in [0.1, 0.15) is 36.4 Å². The number of carbonyl (C=O) groups excluding carboxylic acids is 1. The van der Waals surface area contributed by atoms with E-state index >= 15 is 0 Å². The van der Waals surface area contributed by atoms with Crippen molar-refractivity contribution in [2.75, 3.05) is 18.5 Å². The van der Waals surface area contributed by atoms with Gasteiger partial charge in [-0.05, 0) is 37.3 Å². The highest BCUT2D eigenvalue weighted by atomic mass is 19.3. The molecule has 0 fully saturated rings. The van der Waals surface area contributed by atoms with E-state index in [2.05, 4.69) is 15.3 Å². The van der Waals surface area contributed by atoms with Gasteiger partial charge in [-0.1, -0.05) is 0 Å². The molecule has 166 valence electrons. The van der Waals surface area contributed by atoms with Gasteiger partial charge >= 0.3 is 0 Å². The van der Waals surface area contributed by atoms with Gasteiger partial charge in [-0.25, -0.2) is 22.5 Å². The first-order valence-corrected chi connectivity index (χ1v) is 8.64. The number of hydrogen-bond donors (Lipinski definition) is 3. The Balaban J connectivity index is 0.00000107. The van der Waals surface area contributed by atoms with E-state index in [-0.39, 0.29) is 30.3 Å². The highest BCUT2D eigenvalue weighted by molar-refractivity contribution is 6.02. The maximum Gasteiger partial charge on any atom is 0.299 e. The molecule has 12 heteroatoms. The van der Waals surface area contributed by atoms with E-state index < -0.39 is 41.2 Å². The van der Waals surface area contributed by atoms with Gasteiger partial charge in [0.2, 0.25) is 0 Å². The fourth-order valence-electron chi connectivity index (χ4n) is 2.76. The summed E-state index contributed by atoms with van der Waals surface area (Å²) in [6, 6.07) is 5.37. The van der Waals surface area contributed by atoms with Crippen molar-refractivity contribution in [3.05, 3.63) is 59.4 Å². The van der Waals surface area contributed by atoms with Crippen LogP contribution in [0.15, 0.2) is 41.5 Å². The van der Waals surface area contributed by atoms with Crippen molar-refractivity contribution in [3.8, 4) is 0 Å². The van der Waals surface area contributed by atoms with E-state index in [4.69, 9.17) is 20.4 Å². The lowest BCUT2D eigenvalue weighted by Gasteiger charge is -2.33. The molecule has 0 spiro atoms. The smallest absolute Gasteiger partial charge is 0.299 e. The molecule has 4 N–H and O–H groups in total. The van der Waals surface area contributed by atoms with Crippen molar-refractivity contribution in [2.45, 2.75) is 18.4 Å². The lowest BCUT2D eigenvalue weighted by Crippen LogP contribution is -2.45. The van der Waals surface area contributed by atoms with E-state index in [1.54, 1.807) is 0 Å². The van der Waals surface area contributed by atoms with Gasteiger partial charge in [0.05, 0.1) is 6.20 Å². The number of ether oxygens (including phenoxy) is 1. The minimum atomic E-state index is -3.56. The third-order valence-corrected chi connectivity index (χ3v) is 4.32. The number of nitrogens with two attached hydrogens (primary N) is 1. The van der Waals surface area contributed by atoms with Gasteiger partial charge in [-0.15, -0.1) is 0 Å². The highest BCUT2D eigenvalue weighted by Crippen LogP contribution is 2.44. The maximum atomic E-state index is 14.7. The number of aromatic nitrogens is 1. The van der Waals surface area contributed by atoms with E-state index in [0.29, 0.717) is 0 Å². The van der Waals surface area contributed by atoms with Gasteiger partial charge in [0, 0.05) is 11.3 Å². The molecule has 3 rings (SSSR count). The topological polar surface area (TPSA) is 127 Å². The first kappa shape index (κ1) is 23.7. The van der Waals surface area contributed by atoms with Crippen molar-refractivity contribution < 1.29 is 37.0 Å². The second-order valence-electron chi connectivity index (χ2n) is 6.49. The second-order valence-corrected chi connectivity index (χ2v) is 6.49. The molecule has 31 heavy (non-hydrogen) atoms. The molecule has 1 aromatic carbocycles. The molecule has 0 radical (unpaired) electrons. The Kier molecular flexibility index (Phi) is 7.28. The van der Waals surface area contributed by atoms with Crippen molar-refractivity contribution in [1.82, 2.24) is 4.98 Å².